The number of anilines is 1. The van der Waals surface area contributed by atoms with Crippen molar-refractivity contribution in [2.45, 2.75) is 24.9 Å². The van der Waals surface area contributed by atoms with E-state index in [0.717, 1.165) is 12.3 Å². The summed E-state index contributed by atoms with van der Waals surface area (Å²) in [5, 5.41) is 3.21. The Morgan fingerprint density at radius 1 is 1.26 bits per heavy atom. The molecule has 1 atom stereocenters. The van der Waals surface area contributed by atoms with Crippen molar-refractivity contribution < 1.29 is 18.0 Å². The summed E-state index contributed by atoms with van der Waals surface area (Å²) in [4.78, 5) is 15.8. The van der Waals surface area contributed by atoms with E-state index in [1.54, 1.807) is 25.1 Å². The van der Waals surface area contributed by atoms with Crippen LogP contribution in [0.2, 0.25) is 5.02 Å². The summed E-state index contributed by atoms with van der Waals surface area (Å²) in [6, 6.07) is 7.41. The molecule has 0 aliphatic carbocycles. The highest BCUT2D eigenvalue weighted by Crippen LogP contribution is 2.44. The molecule has 0 bridgehead atoms. The number of alkyl halides is 3. The highest BCUT2D eigenvalue weighted by Gasteiger charge is 2.44. The number of carbonyl (C=O) groups is 1. The van der Waals surface area contributed by atoms with Gasteiger partial charge in [-0.1, -0.05) is 23.7 Å². The summed E-state index contributed by atoms with van der Waals surface area (Å²) < 4.78 is 37.7. The van der Waals surface area contributed by atoms with Gasteiger partial charge in [0, 0.05) is 22.5 Å². The highest BCUT2D eigenvalue weighted by atomic mass is 35.5. The third-order valence-corrected chi connectivity index (χ3v) is 4.30. The predicted molar refractivity (Wildman–Crippen MR) is 80.4 cm³/mol. The molecule has 0 spiro atoms. The monoisotopic (exact) mass is 340 g/mol. The Hall–Kier alpha value is -2.08. The predicted octanol–water partition coefficient (Wildman–Crippen LogP) is 4.21. The van der Waals surface area contributed by atoms with E-state index in [1.165, 1.54) is 6.07 Å². The van der Waals surface area contributed by atoms with E-state index in [4.69, 9.17) is 11.6 Å². The van der Waals surface area contributed by atoms with Crippen LogP contribution < -0.4 is 5.32 Å². The van der Waals surface area contributed by atoms with Gasteiger partial charge in [0.1, 0.15) is 5.69 Å². The van der Waals surface area contributed by atoms with Crippen LogP contribution in [0.15, 0.2) is 36.5 Å². The Morgan fingerprint density at radius 2 is 2.00 bits per heavy atom. The van der Waals surface area contributed by atoms with Crippen LogP contribution in [0.5, 0.6) is 0 Å². The molecule has 0 fully saturated rings. The van der Waals surface area contributed by atoms with Crippen LogP contribution in [0, 0.1) is 0 Å². The minimum atomic E-state index is -4.48. The van der Waals surface area contributed by atoms with Gasteiger partial charge in [-0.25, -0.2) is 0 Å². The number of amides is 1. The Bertz CT molecular complexity index is 774. The van der Waals surface area contributed by atoms with Crippen LogP contribution in [-0.4, -0.2) is 10.9 Å². The maximum atomic E-state index is 12.6. The molecule has 3 nitrogen and oxygen atoms in total. The minimum Gasteiger partial charge on any atom is -0.325 e. The van der Waals surface area contributed by atoms with Crippen LogP contribution in [0.3, 0.4) is 0 Å². The molecule has 0 saturated heterocycles. The molecule has 1 aromatic heterocycles. The summed E-state index contributed by atoms with van der Waals surface area (Å²) in [5.74, 6) is -0.236. The molecule has 2 heterocycles. The van der Waals surface area contributed by atoms with Crippen molar-refractivity contribution in [1.29, 1.82) is 0 Å². The Labute approximate surface area is 135 Å². The zero-order valence-corrected chi connectivity index (χ0v) is 12.8. The Kier molecular flexibility index (Phi) is 3.59. The zero-order chi connectivity index (χ0) is 16.8. The molecule has 1 aliphatic heterocycles. The number of hydrogen-bond donors (Lipinski definition) is 1. The first kappa shape index (κ1) is 15.8. The number of halogens is 4. The first-order valence-electron chi connectivity index (χ1n) is 6.84. The number of carbonyl (C=O) groups excluding carboxylic acids is 1. The summed E-state index contributed by atoms with van der Waals surface area (Å²) in [7, 11) is 0. The lowest BCUT2D eigenvalue weighted by atomic mass is 9.78. The number of nitrogens with one attached hydrogen (secondary N) is 1. The average Bonchev–Trinajstić information content (AvgIpc) is 2.71. The number of nitrogens with zero attached hydrogens (tertiary/aromatic N) is 1. The minimum absolute atomic E-state index is 0.209. The van der Waals surface area contributed by atoms with Crippen molar-refractivity contribution in [3.05, 3.63) is 58.4 Å². The third-order valence-electron chi connectivity index (χ3n) is 3.99. The van der Waals surface area contributed by atoms with Gasteiger partial charge in [-0.3, -0.25) is 9.78 Å². The molecule has 0 saturated carbocycles. The molecule has 1 amide bonds. The van der Waals surface area contributed by atoms with Gasteiger partial charge < -0.3 is 5.32 Å². The van der Waals surface area contributed by atoms with E-state index < -0.39 is 17.3 Å². The van der Waals surface area contributed by atoms with E-state index in [-0.39, 0.29) is 12.3 Å². The molecule has 1 N–H and O–H groups in total. The topological polar surface area (TPSA) is 42.0 Å². The Balaban J connectivity index is 1.96. The van der Waals surface area contributed by atoms with Gasteiger partial charge >= 0.3 is 6.18 Å². The fraction of sp³-hybridized carbons (Fsp3) is 0.250. The highest BCUT2D eigenvalue weighted by molar-refractivity contribution is 6.33. The van der Waals surface area contributed by atoms with Crippen molar-refractivity contribution in [3.8, 4) is 0 Å². The fourth-order valence-corrected chi connectivity index (χ4v) is 3.22. The Morgan fingerprint density at radius 3 is 2.61 bits per heavy atom. The maximum Gasteiger partial charge on any atom is 0.433 e. The van der Waals surface area contributed by atoms with E-state index in [1.807, 2.05) is 0 Å². The van der Waals surface area contributed by atoms with Crippen molar-refractivity contribution in [2.75, 3.05) is 5.32 Å². The molecule has 23 heavy (non-hydrogen) atoms. The van der Waals surface area contributed by atoms with Gasteiger partial charge in [-0.05, 0) is 37.1 Å². The van der Waals surface area contributed by atoms with Crippen LogP contribution in [0.1, 0.15) is 23.7 Å². The van der Waals surface area contributed by atoms with Gasteiger partial charge in [0.05, 0.1) is 5.41 Å². The summed E-state index contributed by atoms with van der Waals surface area (Å²) >= 11 is 6.21. The van der Waals surface area contributed by atoms with Gasteiger partial charge in [0.15, 0.2) is 0 Å². The lowest BCUT2D eigenvalue weighted by Gasteiger charge is -2.23. The second-order valence-electron chi connectivity index (χ2n) is 5.67. The second kappa shape index (κ2) is 5.23. The lowest BCUT2D eigenvalue weighted by molar-refractivity contribution is -0.141. The van der Waals surface area contributed by atoms with E-state index >= 15 is 0 Å². The van der Waals surface area contributed by atoms with Crippen molar-refractivity contribution in [1.82, 2.24) is 4.98 Å². The first-order valence-corrected chi connectivity index (χ1v) is 7.22. The van der Waals surface area contributed by atoms with E-state index in [2.05, 4.69) is 10.3 Å². The number of hydrogen-bond acceptors (Lipinski definition) is 2. The molecular weight excluding hydrogens is 329 g/mol. The zero-order valence-electron chi connectivity index (χ0n) is 12.0. The molecular formula is C16H12ClF3N2O. The number of aromatic nitrogens is 1. The molecule has 1 aromatic carbocycles. The second-order valence-corrected chi connectivity index (χ2v) is 6.08. The SMILES string of the molecule is CC1(Cc2ccc(C(F)(F)F)nc2)C(=O)Nc2cccc(Cl)c21. The van der Waals surface area contributed by atoms with Gasteiger partial charge in [-0.2, -0.15) is 13.2 Å². The lowest BCUT2D eigenvalue weighted by Crippen LogP contribution is -2.33. The van der Waals surface area contributed by atoms with Crippen molar-refractivity contribution in [2.24, 2.45) is 0 Å². The van der Waals surface area contributed by atoms with E-state index in [0.29, 0.717) is 21.8 Å². The molecule has 7 heteroatoms. The van der Waals surface area contributed by atoms with Crippen LogP contribution in [0.25, 0.3) is 0 Å². The van der Waals surface area contributed by atoms with Crippen LogP contribution >= 0.6 is 11.6 Å². The molecule has 2 aromatic rings. The molecule has 0 radical (unpaired) electrons. The first-order chi connectivity index (χ1) is 10.7. The standard InChI is InChI=1S/C16H12ClF3N2O/c1-15(7-9-5-6-12(21-8-9)16(18,19)20)13-10(17)3-2-4-11(13)22-14(15)23/h2-6,8H,7H2,1H3,(H,22,23). The molecule has 3 rings (SSSR count). The number of fused-ring (bicyclic) bond motifs is 1. The summed E-state index contributed by atoms with van der Waals surface area (Å²) in [5.41, 5.74) is -0.0877. The summed E-state index contributed by atoms with van der Waals surface area (Å²) in [6.45, 7) is 1.72. The van der Waals surface area contributed by atoms with Gasteiger partial charge in [0.2, 0.25) is 5.91 Å². The van der Waals surface area contributed by atoms with Gasteiger partial charge in [-0.15, -0.1) is 0 Å². The van der Waals surface area contributed by atoms with Gasteiger partial charge in [0.25, 0.3) is 0 Å². The van der Waals surface area contributed by atoms with Crippen molar-refractivity contribution in [3.63, 3.8) is 0 Å². The quantitative estimate of drug-likeness (QED) is 0.890. The molecule has 1 aliphatic rings. The smallest absolute Gasteiger partial charge is 0.325 e. The number of pyridine rings is 1. The normalized spacial score (nSPS) is 20.3. The molecule has 1 unspecified atom stereocenters. The third kappa shape index (κ3) is 2.67. The van der Waals surface area contributed by atoms with Crippen molar-refractivity contribution >= 4 is 23.2 Å². The average molecular weight is 341 g/mol. The summed E-state index contributed by atoms with van der Waals surface area (Å²) in [6.07, 6.45) is -3.13. The number of rotatable bonds is 2. The molecule has 120 valence electrons. The van der Waals surface area contributed by atoms with E-state index in [9.17, 15) is 18.0 Å². The number of benzene rings is 1. The fourth-order valence-electron chi connectivity index (χ4n) is 2.84. The maximum absolute atomic E-state index is 12.6. The largest absolute Gasteiger partial charge is 0.433 e. The van der Waals surface area contributed by atoms with Crippen LogP contribution in [-0.2, 0) is 22.8 Å². The van der Waals surface area contributed by atoms with Crippen LogP contribution in [0.4, 0.5) is 18.9 Å².